The maximum absolute atomic E-state index is 13.8. The molecule has 2 heterocycles. The Morgan fingerprint density at radius 3 is 2.69 bits per heavy atom. The first-order valence-electron chi connectivity index (χ1n) is 12.1. The van der Waals surface area contributed by atoms with Gasteiger partial charge in [-0.15, -0.1) is 0 Å². The Morgan fingerprint density at radius 2 is 1.86 bits per heavy atom. The van der Waals surface area contributed by atoms with Gasteiger partial charge in [-0.05, 0) is 66.3 Å². The van der Waals surface area contributed by atoms with Crippen LogP contribution in [0.4, 0.5) is 5.69 Å². The Hall–Kier alpha value is -4.12. The van der Waals surface area contributed by atoms with Crippen LogP contribution in [0.15, 0.2) is 84.6 Å². The highest BCUT2D eigenvalue weighted by Gasteiger charge is 2.38. The standard InChI is InChI=1S/C30H26N2O3/c1-2-35-27-17-19(10-13-25(27)33)30-29-22(15-20(16-26(29)34)18-7-4-3-5-8-18)28-21-9-6-14-31-23(21)11-12-24(28)32-30/h3-14,17,20,30,32-33H,2,15-16H2,1H3/t20-,30+/m0/s1. The number of ketones is 1. The van der Waals surface area contributed by atoms with E-state index in [1.807, 2.05) is 49.4 Å². The van der Waals surface area contributed by atoms with Gasteiger partial charge in [0.2, 0.25) is 0 Å². The number of hydrogen-bond donors (Lipinski definition) is 2. The maximum Gasteiger partial charge on any atom is 0.162 e. The van der Waals surface area contributed by atoms with Crippen molar-refractivity contribution < 1.29 is 14.6 Å². The lowest BCUT2D eigenvalue weighted by Gasteiger charge is -2.37. The van der Waals surface area contributed by atoms with Crippen LogP contribution in [0.1, 0.15) is 48.4 Å². The Labute approximate surface area is 204 Å². The zero-order valence-corrected chi connectivity index (χ0v) is 19.5. The normalized spacial score (nSPS) is 19.2. The highest BCUT2D eigenvalue weighted by molar-refractivity contribution is 6.12. The second kappa shape index (κ2) is 8.58. The number of aromatic hydroxyl groups is 1. The highest BCUT2D eigenvalue weighted by Crippen LogP contribution is 2.51. The van der Waals surface area contributed by atoms with Gasteiger partial charge in [0.1, 0.15) is 0 Å². The molecule has 0 saturated heterocycles. The van der Waals surface area contributed by atoms with Crippen molar-refractivity contribution >= 4 is 27.9 Å². The Kier molecular flexibility index (Phi) is 5.25. The van der Waals surface area contributed by atoms with E-state index in [0.29, 0.717) is 18.8 Å². The predicted molar refractivity (Wildman–Crippen MR) is 138 cm³/mol. The molecule has 0 unspecified atom stereocenters. The first-order chi connectivity index (χ1) is 17.1. The largest absolute Gasteiger partial charge is 0.504 e. The fourth-order valence-corrected chi connectivity index (χ4v) is 5.52. The monoisotopic (exact) mass is 462 g/mol. The number of phenolic OH excluding ortho intramolecular Hbond substituents is 1. The molecule has 0 spiro atoms. The average Bonchev–Trinajstić information content (AvgIpc) is 2.89. The number of aromatic nitrogens is 1. The molecule has 2 N–H and O–H groups in total. The number of allylic oxidation sites excluding steroid dienone is 1. The fraction of sp³-hybridized carbons (Fsp3) is 0.200. The molecule has 0 saturated carbocycles. The van der Waals surface area contributed by atoms with Crippen LogP contribution in [0.25, 0.3) is 16.5 Å². The number of fused-ring (bicyclic) bond motifs is 4. The molecular weight excluding hydrogens is 436 g/mol. The molecule has 3 aromatic carbocycles. The second-order valence-electron chi connectivity index (χ2n) is 9.13. The van der Waals surface area contributed by atoms with Crippen LogP contribution < -0.4 is 10.1 Å². The zero-order chi connectivity index (χ0) is 23.9. The van der Waals surface area contributed by atoms with Crippen LogP contribution in [-0.4, -0.2) is 22.5 Å². The number of nitrogens with one attached hydrogen (secondary N) is 1. The number of ether oxygens (including phenoxy) is 1. The number of hydrogen-bond acceptors (Lipinski definition) is 5. The third kappa shape index (κ3) is 3.64. The van der Waals surface area contributed by atoms with Gasteiger partial charge in [0, 0.05) is 34.8 Å². The van der Waals surface area contributed by atoms with Gasteiger partial charge in [0.15, 0.2) is 17.3 Å². The van der Waals surface area contributed by atoms with E-state index in [1.165, 1.54) is 5.56 Å². The van der Waals surface area contributed by atoms with E-state index in [-0.39, 0.29) is 23.5 Å². The minimum Gasteiger partial charge on any atom is -0.504 e. The molecule has 35 heavy (non-hydrogen) atoms. The molecule has 5 heteroatoms. The van der Waals surface area contributed by atoms with E-state index in [0.717, 1.165) is 45.3 Å². The number of rotatable bonds is 4. The summed E-state index contributed by atoms with van der Waals surface area (Å²) in [6, 6.07) is 23.4. The van der Waals surface area contributed by atoms with E-state index < -0.39 is 0 Å². The molecule has 0 fully saturated rings. The topological polar surface area (TPSA) is 71.5 Å². The van der Waals surface area contributed by atoms with Crippen molar-refractivity contribution in [3.8, 4) is 11.5 Å². The highest BCUT2D eigenvalue weighted by atomic mass is 16.5. The summed E-state index contributed by atoms with van der Waals surface area (Å²) in [6.45, 7) is 2.33. The van der Waals surface area contributed by atoms with E-state index in [1.54, 1.807) is 12.3 Å². The van der Waals surface area contributed by atoms with E-state index in [9.17, 15) is 9.90 Å². The van der Waals surface area contributed by atoms with E-state index >= 15 is 0 Å². The Bertz CT molecular complexity index is 1480. The number of carbonyl (C=O) groups is 1. The van der Waals surface area contributed by atoms with E-state index in [2.05, 4.69) is 34.6 Å². The van der Waals surface area contributed by atoms with Crippen molar-refractivity contribution in [1.82, 2.24) is 4.98 Å². The van der Waals surface area contributed by atoms with Crippen molar-refractivity contribution in [2.45, 2.75) is 31.7 Å². The van der Waals surface area contributed by atoms with Gasteiger partial charge in [-0.3, -0.25) is 9.78 Å². The van der Waals surface area contributed by atoms with Crippen molar-refractivity contribution in [1.29, 1.82) is 0 Å². The quantitative estimate of drug-likeness (QED) is 0.367. The summed E-state index contributed by atoms with van der Waals surface area (Å²) in [7, 11) is 0. The van der Waals surface area contributed by atoms with Gasteiger partial charge >= 0.3 is 0 Å². The van der Waals surface area contributed by atoms with Crippen LogP contribution in [-0.2, 0) is 4.79 Å². The maximum atomic E-state index is 13.8. The molecule has 0 amide bonds. The number of nitrogens with zero attached hydrogens (tertiary/aromatic N) is 1. The van der Waals surface area contributed by atoms with Crippen LogP contribution in [0.3, 0.4) is 0 Å². The summed E-state index contributed by atoms with van der Waals surface area (Å²) < 4.78 is 5.65. The van der Waals surface area contributed by atoms with Gasteiger partial charge in [0.25, 0.3) is 0 Å². The lowest BCUT2D eigenvalue weighted by Crippen LogP contribution is -2.29. The molecule has 4 aromatic rings. The molecule has 1 aromatic heterocycles. The molecule has 6 rings (SSSR count). The smallest absolute Gasteiger partial charge is 0.162 e. The van der Waals surface area contributed by atoms with Crippen LogP contribution in [0.5, 0.6) is 11.5 Å². The Balaban J connectivity index is 1.56. The zero-order valence-electron chi connectivity index (χ0n) is 19.5. The molecule has 1 aliphatic carbocycles. The Morgan fingerprint density at radius 1 is 1.00 bits per heavy atom. The van der Waals surface area contributed by atoms with Gasteiger partial charge < -0.3 is 15.2 Å². The van der Waals surface area contributed by atoms with Crippen LogP contribution >= 0.6 is 0 Å². The minimum atomic E-state index is -0.323. The summed E-state index contributed by atoms with van der Waals surface area (Å²) in [5.74, 6) is 0.792. The molecular formula is C30H26N2O3. The van der Waals surface area contributed by atoms with Crippen molar-refractivity contribution in [2.75, 3.05) is 11.9 Å². The SMILES string of the molecule is CCOc1cc([C@H]2Nc3ccc4ncccc4c3C3=C2C(=O)C[C@@H](c2ccccc2)C3)ccc1O. The molecule has 2 atom stereocenters. The first-order valence-corrected chi connectivity index (χ1v) is 12.1. The molecule has 1 aliphatic heterocycles. The molecule has 0 radical (unpaired) electrons. The number of Topliss-reactive ketones (excluding diaryl/α,β-unsaturated/α-hetero) is 1. The van der Waals surface area contributed by atoms with Crippen molar-refractivity contribution in [2.24, 2.45) is 0 Å². The van der Waals surface area contributed by atoms with Gasteiger partial charge in [0.05, 0.1) is 18.2 Å². The summed E-state index contributed by atoms with van der Waals surface area (Å²) >= 11 is 0. The lowest BCUT2D eigenvalue weighted by molar-refractivity contribution is -0.116. The summed E-state index contributed by atoms with van der Waals surface area (Å²) in [4.78, 5) is 18.4. The van der Waals surface area contributed by atoms with Gasteiger partial charge in [-0.2, -0.15) is 0 Å². The molecule has 5 nitrogen and oxygen atoms in total. The molecule has 2 aliphatic rings. The van der Waals surface area contributed by atoms with E-state index in [4.69, 9.17) is 4.74 Å². The number of carbonyl (C=O) groups excluding carboxylic acids is 1. The number of benzene rings is 3. The van der Waals surface area contributed by atoms with Crippen LogP contribution in [0.2, 0.25) is 0 Å². The third-order valence-electron chi connectivity index (χ3n) is 7.07. The van der Waals surface area contributed by atoms with Gasteiger partial charge in [-0.25, -0.2) is 0 Å². The average molecular weight is 463 g/mol. The number of anilines is 1. The first kappa shape index (κ1) is 21.4. The van der Waals surface area contributed by atoms with Crippen molar-refractivity contribution in [3.63, 3.8) is 0 Å². The van der Waals surface area contributed by atoms with Gasteiger partial charge in [-0.1, -0.05) is 42.5 Å². The number of pyridine rings is 1. The van der Waals surface area contributed by atoms with Crippen molar-refractivity contribution in [3.05, 3.63) is 101 Å². The molecule has 0 bridgehead atoms. The van der Waals surface area contributed by atoms with Crippen LogP contribution in [0, 0.1) is 0 Å². The lowest BCUT2D eigenvalue weighted by atomic mass is 9.72. The number of phenols is 1. The summed E-state index contributed by atoms with van der Waals surface area (Å²) in [6.07, 6.45) is 3.05. The third-order valence-corrected chi connectivity index (χ3v) is 7.07. The summed E-state index contributed by atoms with van der Waals surface area (Å²) in [5.41, 5.74) is 6.93. The molecule has 174 valence electrons. The minimum absolute atomic E-state index is 0.0946. The summed E-state index contributed by atoms with van der Waals surface area (Å²) in [5, 5.41) is 14.9. The fourth-order valence-electron chi connectivity index (χ4n) is 5.52. The predicted octanol–water partition coefficient (Wildman–Crippen LogP) is 6.41. The second-order valence-corrected chi connectivity index (χ2v) is 9.13.